The molecule has 10 nitrogen and oxygen atoms in total. The van der Waals surface area contributed by atoms with Gasteiger partial charge in [0.2, 0.25) is 0 Å². The second-order valence-electron chi connectivity index (χ2n) is 8.91. The number of hydrogen-bond acceptors (Lipinski definition) is 6. The van der Waals surface area contributed by atoms with Crippen molar-refractivity contribution in [2.45, 2.75) is 50.1 Å². The molecular weight excluding hydrogens is 542 g/mol. The van der Waals surface area contributed by atoms with Crippen molar-refractivity contribution in [3.05, 3.63) is 30.1 Å². The Kier molecular flexibility index (Phi) is 11.8. The van der Waals surface area contributed by atoms with E-state index in [-0.39, 0.29) is 12.1 Å². The summed E-state index contributed by atoms with van der Waals surface area (Å²) in [7, 11) is 0. The van der Waals surface area contributed by atoms with Crippen molar-refractivity contribution >= 4 is 18.0 Å². The molecule has 1 aromatic heterocycles. The molecular formula is C23H30F6N4O6. The molecule has 3 aliphatic heterocycles. The summed E-state index contributed by atoms with van der Waals surface area (Å²) in [5, 5.41) is 14.2. The van der Waals surface area contributed by atoms with Gasteiger partial charge in [0.15, 0.2) is 0 Å². The lowest BCUT2D eigenvalue weighted by atomic mass is 9.99. The number of nitrogens with zero attached hydrogens (tertiary/aromatic N) is 4. The molecule has 0 unspecified atom stereocenters. The lowest BCUT2D eigenvalue weighted by Gasteiger charge is -2.38. The molecule has 4 rings (SSSR count). The molecule has 0 aliphatic carbocycles. The van der Waals surface area contributed by atoms with Crippen molar-refractivity contribution in [3.63, 3.8) is 0 Å². The molecule has 0 bridgehead atoms. The number of aromatic nitrogens is 1. The number of amides is 2. The summed E-state index contributed by atoms with van der Waals surface area (Å²) < 4.78 is 69.0. The minimum absolute atomic E-state index is 0.243. The Balaban J connectivity index is 0.000000317. The van der Waals surface area contributed by atoms with Crippen LogP contribution in [0.2, 0.25) is 0 Å². The van der Waals surface area contributed by atoms with Crippen molar-refractivity contribution in [1.82, 2.24) is 19.7 Å². The van der Waals surface area contributed by atoms with Crippen LogP contribution < -0.4 is 0 Å². The van der Waals surface area contributed by atoms with E-state index in [4.69, 9.17) is 24.5 Å². The zero-order chi connectivity index (χ0) is 29.2. The van der Waals surface area contributed by atoms with Crippen molar-refractivity contribution in [2.75, 3.05) is 45.9 Å². The van der Waals surface area contributed by atoms with Crippen LogP contribution in [-0.2, 0) is 20.7 Å². The van der Waals surface area contributed by atoms with E-state index in [0.717, 1.165) is 71.6 Å². The number of halogens is 6. The van der Waals surface area contributed by atoms with Gasteiger partial charge in [-0.1, -0.05) is 0 Å². The predicted molar refractivity (Wildman–Crippen MR) is 123 cm³/mol. The number of carboxylic acids is 2. The summed E-state index contributed by atoms with van der Waals surface area (Å²) in [6, 6.07) is 5.07. The van der Waals surface area contributed by atoms with Gasteiger partial charge in [0.05, 0.1) is 19.3 Å². The van der Waals surface area contributed by atoms with Crippen LogP contribution in [0, 0.1) is 0 Å². The maximum Gasteiger partial charge on any atom is 0.490 e. The number of likely N-dealkylation sites (tertiary alicyclic amines) is 2. The normalized spacial score (nSPS) is 21.9. The smallest absolute Gasteiger partial charge is 0.475 e. The summed E-state index contributed by atoms with van der Waals surface area (Å²) in [4.78, 5) is 41.7. The molecule has 220 valence electrons. The van der Waals surface area contributed by atoms with Gasteiger partial charge in [0, 0.05) is 51.2 Å². The van der Waals surface area contributed by atoms with Gasteiger partial charge in [-0.25, -0.2) is 14.4 Å². The fraction of sp³-hybridized carbons (Fsp3) is 0.652. The fourth-order valence-electron chi connectivity index (χ4n) is 4.51. The van der Waals surface area contributed by atoms with E-state index in [1.807, 2.05) is 17.3 Å². The molecule has 0 aromatic carbocycles. The zero-order valence-corrected chi connectivity index (χ0v) is 20.8. The van der Waals surface area contributed by atoms with Gasteiger partial charge in [0.25, 0.3) is 0 Å². The highest BCUT2D eigenvalue weighted by Gasteiger charge is 2.42. The maximum absolute atomic E-state index is 13.1. The molecule has 1 aromatic rings. The van der Waals surface area contributed by atoms with Crippen LogP contribution in [0.5, 0.6) is 0 Å². The van der Waals surface area contributed by atoms with E-state index in [2.05, 4.69) is 26.9 Å². The average Bonchev–Trinajstić information content (AvgIpc) is 3.55. The highest BCUT2D eigenvalue weighted by Crippen LogP contribution is 2.28. The van der Waals surface area contributed by atoms with Crippen molar-refractivity contribution < 1.29 is 55.7 Å². The molecule has 0 radical (unpaired) electrons. The summed E-state index contributed by atoms with van der Waals surface area (Å²) in [6.45, 7) is 6.26. The van der Waals surface area contributed by atoms with Crippen LogP contribution in [0.15, 0.2) is 24.5 Å². The van der Waals surface area contributed by atoms with Gasteiger partial charge in [-0.2, -0.15) is 26.3 Å². The van der Waals surface area contributed by atoms with Crippen LogP contribution in [-0.4, -0.2) is 118 Å². The minimum atomic E-state index is -5.08. The number of ether oxygens (including phenoxy) is 1. The number of aliphatic carboxylic acids is 2. The third-order valence-electron chi connectivity index (χ3n) is 6.33. The largest absolute Gasteiger partial charge is 0.490 e. The minimum Gasteiger partial charge on any atom is -0.475 e. The maximum atomic E-state index is 13.1. The van der Waals surface area contributed by atoms with Gasteiger partial charge < -0.3 is 24.7 Å². The van der Waals surface area contributed by atoms with Crippen molar-refractivity contribution in [2.24, 2.45) is 0 Å². The molecule has 39 heavy (non-hydrogen) atoms. The summed E-state index contributed by atoms with van der Waals surface area (Å²) >= 11 is 0. The molecule has 16 heteroatoms. The van der Waals surface area contributed by atoms with E-state index >= 15 is 0 Å². The van der Waals surface area contributed by atoms with Crippen LogP contribution >= 0.6 is 0 Å². The molecule has 3 fully saturated rings. The number of pyridine rings is 1. The Bertz CT molecular complexity index is 913. The molecule has 2 N–H and O–H groups in total. The second-order valence-corrected chi connectivity index (χ2v) is 8.91. The first-order chi connectivity index (χ1) is 18.2. The molecule has 0 spiro atoms. The topological polar surface area (TPSA) is 124 Å². The summed E-state index contributed by atoms with van der Waals surface area (Å²) in [5.74, 6) is -5.51. The number of morpholine rings is 1. The Hall–Kier alpha value is -3.14. The van der Waals surface area contributed by atoms with Gasteiger partial charge in [-0.05, 0) is 43.4 Å². The van der Waals surface area contributed by atoms with Crippen LogP contribution in [0.1, 0.15) is 24.8 Å². The number of rotatable bonds is 3. The molecule has 3 saturated heterocycles. The van der Waals surface area contributed by atoms with E-state index in [9.17, 15) is 31.1 Å². The number of carboxylic acid groups (broad SMARTS) is 2. The number of hydrogen-bond donors (Lipinski definition) is 2. The SMILES string of the molecule is O=C(N1CCCC1)N1CC[C@@H](N2CCOCC2)[C@@H]1Cc1ccncc1.O=C(O)C(F)(F)F.O=C(O)C(F)(F)F. The highest BCUT2D eigenvalue weighted by molar-refractivity contribution is 5.75. The lowest BCUT2D eigenvalue weighted by molar-refractivity contribution is -0.193. The van der Waals surface area contributed by atoms with Crippen molar-refractivity contribution in [1.29, 1.82) is 0 Å². The van der Waals surface area contributed by atoms with Crippen molar-refractivity contribution in [3.8, 4) is 0 Å². The third kappa shape index (κ3) is 10.2. The van der Waals surface area contributed by atoms with Gasteiger partial charge >= 0.3 is 30.3 Å². The second kappa shape index (κ2) is 14.3. The molecule has 2 amide bonds. The predicted octanol–water partition coefficient (Wildman–Crippen LogP) is 2.88. The van der Waals surface area contributed by atoms with Crippen LogP contribution in [0.4, 0.5) is 31.1 Å². The molecule has 2 atom stereocenters. The Morgan fingerprint density at radius 1 is 0.872 bits per heavy atom. The number of carbonyl (C=O) groups excluding carboxylic acids is 1. The molecule has 0 saturated carbocycles. The fourth-order valence-corrected chi connectivity index (χ4v) is 4.51. The number of alkyl halides is 6. The molecule has 3 aliphatic rings. The Labute approximate surface area is 220 Å². The van der Waals surface area contributed by atoms with Gasteiger partial charge in [0.1, 0.15) is 0 Å². The Morgan fingerprint density at radius 2 is 1.36 bits per heavy atom. The number of carbonyl (C=O) groups is 3. The van der Waals surface area contributed by atoms with Gasteiger partial charge in [-0.15, -0.1) is 0 Å². The van der Waals surface area contributed by atoms with E-state index in [0.29, 0.717) is 6.04 Å². The summed E-state index contributed by atoms with van der Waals surface area (Å²) in [5.41, 5.74) is 1.26. The van der Waals surface area contributed by atoms with E-state index in [1.54, 1.807) is 0 Å². The number of urea groups is 1. The van der Waals surface area contributed by atoms with Gasteiger partial charge in [-0.3, -0.25) is 9.88 Å². The van der Waals surface area contributed by atoms with Crippen LogP contribution in [0.3, 0.4) is 0 Å². The summed E-state index contributed by atoms with van der Waals surface area (Å²) in [6.07, 6.45) is -2.22. The Morgan fingerprint density at radius 3 is 1.82 bits per heavy atom. The van der Waals surface area contributed by atoms with Crippen LogP contribution in [0.25, 0.3) is 0 Å². The highest BCUT2D eigenvalue weighted by atomic mass is 19.4. The first kappa shape index (κ1) is 32.1. The standard InChI is InChI=1S/C19H28N4O2.2C2HF3O2/c24-19(22-8-1-2-9-22)23-10-5-17(21-11-13-25-14-12-21)18(23)15-16-3-6-20-7-4-16;2*3-2(4,5)1(6)7/h3-4,6-7,17-18H,1-2,5,8-15H2;2*(H,6,7)/t17-,18+;;/m1../s1. The average molecular weight is 573 g/mol. The first-order valence-electron chi connectivity index (χ1n) is 12.1. The van der Waals surface area contributed by atoms with E-state index in [1.165, 1.54) is 5.56 Å². The van der Waals surface area contributed by atoms with E-state index < -0.39 is 24.3 Å². The molecule has 4 heterocycles. The quantitative estimate of drug-likeness (QED) is 0.531. The first-order valence-corrected chi connectivity index (χ1v) is 12.1. The third-order valence-corrected chi connectivity index (χ3v) is 6.33. The zero-order valence-electron chi connectivity index (χ0n) is 20.8. The monoisotopic (exact) mass is 572 g/mol. The lowest BCUT2D eigenvalue weighted by Crippen LogP contribution is -2.53.